The van der Waals surface area contributed by atoms with Crippen molar-refractivity contribution < 1.29 is 4.52 Å². The molecule has 0 aliphatic carbocycles. The first-order chi connectivity index (χ1) is 9.81. The van der Waals surface area contributed by atoms with E-state index in [2.05, 4.69) is 15.5 Å². The van der Waals surface area contributed by atoms with Crippen molar-refractivity contribution in [1.82, 2.24) is 15.5 Å². The van der Waals surface area contributed by atoms with Crippen molar-refractivity contribution in [2.75, 3.05) is 6.54 Å². The molecule has 20 heavy (non-hydrogen) atoms. The Balaban J connectivity index is 1.59. The molecule has 1 aromatic heterocycles. The smallest absolute Gasteiger partial charge is 0.243 e. The van der Waals surface area contributed by atoms with Crippen molar-refractivity contribution >= 4 is 23.4 Å². The van der Waals surface area contributed by atoms with Gasteiger partial charge in [0.25, 0.3) is 0 Å². The maximum absolute atomic E-state index is 5.96. The number of nitrogens with one attached hydrogen (secondary N) is 1. The second kappa shape index (κ2) is 6.61. The van der Waals surface area contributed by atoms with Gasteiger partial charge in [0, 0.05) is 9.92 Å². The number of piperidine rings is 1. The fourth-order valence-corrected chi connectivity index (χ4v) is 3.29. The van der Waals surface area contributed by atoms with Gasteiger partial charge >= 0.3 is 0 Å². The van der Waals surface area contributed by atoms with Crippen molar-refractivity contribution in [1.29, 1.82) is 0 Å². The zero-order valence-electron chi connectivity index (χ0n) is 11.0. The predicted octanol–water partition coefficient (Wildman–Crippen LogP) is 3.83. The van der Waals surface area contributed by atoms with Gasteiger partial charge in [-0.05, 0) is 37.6 Å². The van der Waals surface area contributed by atoms with Crippen LogP contribution in [-0.2, 0) is 5.75 Å². The maximum atomic E-state index is 5.96. The number of rotatable bonds is 4. The second-order valence-corrected chi connectivity index (χ2v) is 6.28. The summed E-state index contributed by atoms with van der Waals surface area (Å²) in [6, 6.07) is 8.00. The lowest BCUT2D eigenvalue weighted by Gasteiger charge is -2.19. The molecule has 0 spiro atoms. The van der Waals surface area contributed by atoms with Gasteiger partial charge in [0.2, 0.25) is 5.89 Å². The number of nitrogens with zero attached hydrogens (tertiary/aromatic N) is 2. The molecule has 2 aromatic rings. The van der Waals surface area contributed by atoms with E-state index in [0.29, 0.717) is 11.6 Å². The Bertz CT molecular complexity index is 569. The van der Waals surface area contributed by atoms with E-state index in [-0.39, 0.29) is 6.04 Å². The topological polar surface area (TPSA) is 51.0 Å². The van der Waals surface area contributed by atoms with Crippen molar-refractivity contribution in [2.45, 2.75) is 36.0 Å². The van der Waals surface area contributed by atoms with Crippen LogP contribution in [0.25, 0.3) is 0 Å². The molecule has 4 nitrogen and oxygen atoms in total. The van der Waals surface area contributed by atoms with E-state index < -0.39 is 0 Å². The SMILES string of the molecule is Clc1cccc(SCc2noc([C@@H]3CCCCN3)n2)c1. The van der Waals surface area contributed by atoms with E-state index in [9.17, 15) is 0 Å². The van der Waals surface area contributed by atoms with E-state index in [1.807, 2.05) is 24.3 Å². The number of benzene rings is 1. The zero-order valence-corrected chi connectivity index (χ0v) is 12.6. The van der Waals surface area contributed by atoms with Crippen LogP contribution in [0.3, 0.4) is 0 Å². The van der Waals surface area contributed by atoms with Crippen LogP contribution in [0.15, 0.2) is 33.7 Å². The summed E-state index contributed by atoms with van der Waals surface area (Å²) in [6.07, 6.45) is 3.51. The predicted molar refractivity (Wildman–Crippen MR) is 79.9 cm³/mol. The molecular weight excluding hydrogens is 294 g/mol. The van der Waals surface area contributed by atoms with Gasteiger partial charge < -0.3 is 9.84 Å². The fourth-order valence-electron chi connectivity index (χ4n) is 2.23. The highest BCUT2D eigenvalue weighted by molar-refractivity contribution is 7.98. The lowest BCUT2D eigenvalue weighted by atomic mass is 10.1. The monoisotopic (exact) mass is 309 g/mol. The van der Waals surface area contributed by atoms with Crippen molar-refractivity contribution in [3.05, 3.63) is 41.0 Å². The molecule has 2 heterocycles. The summed E-state index contributed by atoms with van der Waals surface area (Å²) in [4.78, 5) is 5.59. The van der Waals surface area contributed by atoms with Crippen LogP contribution in [0, 0.1) is 0 Å². The molecule has 0 saturated carbocycles. The molecule has 1 aliphatic heterocycles. The number of aromatic nitrogens is 2. The molecule has 0 amide bonds. The highest BCUT2D eigenvalue weighted by atomic mass is 35.5. The zero-order chi connectivity index (χ0) is 13.8. The lowest BCUT2D eigenvalue weighted by molar-refractivity contribution is 0.296. The van der Waals surface area contributed by atoms with Gasteiger partial charge in [-0.1, -0.05) is 29.2 Å². The Morgan fingerprint density at radius 1 is 1.40 bits per heavy atom. The molecule has 6 heteroatoms. The Morgan fingerprint density at radius 3 is 3.15 bits per heavy atom. The Morgan fingerprint density at radius 2 is 2.35 bits per heavy atom. The molecule has 0 radical (unpaired) electrons. The fraction of sp³-hybridized carbons (Fsp3) is 0.429. The molecule has 1 aromatic carbocycles. The molecule has 106 valence electrons. The third kappa shape index (κ3) is 3.53. The molecule has 1 fully saturated rings. The van der Waals surface area contributed by atoms with Crippen molar-refractivity contribution in [3.63, 3.8) is 0 Å². The van der Waals surface area contributed by atoms with E-state index in [1.54, 1.807) is 11.8 Å². The quantitative estimate of drug-likeness (QED) is 0.870. The summed E-state index contributed by atoms with van der Waals surface area (Å²) < 4.78 is 5.35. The molecule has 3 rings (SSSR count). The molecule has 1 atom stereocenters. The van der Waals surface area contributed by atoms with Crippen molar-refractivity contribution in [3.8, 4) is 0 Å². The summed E-state index contributed by atoms with van der Waals surface area (Å²) in [5, 5.41) is 8.20. The van der Waals surface area contributed by atoms with E-state index in [4.69, 9.17) is 16.1 Å². The van der Waals surface area contributed by atoms with Gasteiger partial charge in [-0.2, -0.15) is 4.98 Å². The average Bonchev–Trinajstić information content (AvgIpc) is 2.95. The number of hydrogen-bond acceptors (Lipinski definition) is 5. The summed E-state index contributed by atoms with van der Waals surface area (Å²) in [5.74, 6) is 2.14. The van der Waals surface area contributed by atoms with Crippen LogP contribution < -0.4 is 5.32 Å². The number of halogens is 1. The van der Waals surface area contributed by atoms with Gasteiger partial charge in [0.15, 0.2) is 5.82 Å². The van der Waals surface area contributed by atoms with E-state index in [0.717, 1.165) is 28.7 Å². The van der Waals surface area contributed by atoms with Gasteiger partial charge in [-0.15, -0.1) is 11.8 Å². The number of hydrogen-bond donors (Lipinski definition) is 1. The van der Waals surface area contributed by atoms with Crippen LogP contribution in [0.1, 0.15) is 37.0 Å². The van der Waals surface area contributed by atoms with Crippen LogP contribution in [0.2, 0.25) is 5.02 Å². The molecule has 1 aliphatic rings. The van der Waals surface area contributed by atoms with Gasteiger partial charge in [-0.3, -0.25) is 0 Å². The Kier molecular flexibility index (Phi) is 4.60. The van der Waals surface area contributed by atoms with Crippen LogP contribution in [0.4, 0.5) is 0 Å². The molecule has 0 unspecified atom stereocenters. The Labute approximate surface area is 127 Å². The minimum absolute atomic E-state index is 0.223. The summed E-state index contributed by atoms with van der Waals surface area (Å²) >= 11 is 7.62. The first-order valence-electron chi connectivity index (χ1n) is 6.75. The van der Waals surface area contributed by atoms with Crippen LogP contribution in [-0.4, -0.2) is 16.7 Å². The summed E-state index contributed by atoms with van der Waals surface area (Å²) in [7, 11) is 0. The lowest BCUT2D eigenvalue weighted by Crippen LogP contribution is -2.26. The average molecular weight is 310 g/mol. The highest BCUT2D eigenvalue weighted by Crippen LogP contribution is 2.26. The largest absolute Gasteiger partial charge is 0.338 e. The maximum Gasteiger partial charge on any atom is 0.243 e. The molecule has 0 bridgehead atoms. The third-order valence-corrected chi connectivity index (χ3v) is 4.48. The number of thioether (sulfide) groups is 1. The first kappa shape index (κ1) is 13.9. The minimum atomic E-state index is 0.223. The van der Waals surface area contributed by atoms with Gasteiger partial charge in [0.05, 0.1) is 11.8 Å². The first-order valence-corrected chi connectivity index (χ1v) is 8.12. The third-order valence-electron chi connectivity index (χ3n) is 3.26. The Hall–Kier alpha value is -1.04. The molecule has 1 N–H and O–H groups in total. The summed E-state index contributed by atoms with van der Waals surface area (Å²) in [6.45, 7) is 1.03. The van der Waals surface area contributed by atoms with Gasteiger partial charge in [0.1, 0.15) is 0 Å². The van der Waals surface area contributed by atoms with E-state index >= 15 is 0 Å². The second-order valence-electron chi connectivity index (χ2n) is 4.80. The van der Waals surface area contributed by atoms with Crippen LogP contribution in [0.5, 0.6) is 0 Å². The minimum Gasteiger partial charge on any atom is -0.338 e. The summed E-state index contributed by atoms with van der Waals surface area (Å²) in [5.41, 5.74) is 0. The van der Waals surface area contributed by atoms with Crippen LogP contribution >= 0.6 is 23.4 Å². The standard InChI is InChI=1S/C14H16ClN3OS/c15-10-4-3-5-11(8-10)20-9-13-17-14(19-18-13)12-6-1-2-7-16-12/h3-5,8,12,16H,1-2,6-7,9H2/t12-/m0/s1. The van der Waals surface area contributed by atoms with Crippen molar-refractivity contribution in [2.24, 2.45) is 0 Å². The molecular formula is C14H16ClN3OS. The van der Waals surface area contributed by atoms with Gasteiger partial charge in [-0.25, -0.2) is 0 Å². The molecule has 1 saturated heterocycles. The normalized spacial score (nSPS) is 19.1. The van der Waals surface area contributed by atoms with E-state index in [1.165, 1.54) is 12.8 Å². The highest BCUT2D eigenvalue weighted by Gasteiger charge is 2.20.